The number of rotatable bonds is 10. The lowest BCUT2D eigenvalue weighted by molar-refractivity contribution is -0.132. The zero-order valence-electron chi connectivity index (χ0n) is 22.6. The molecule has 1 saturated heterocycles. The van der Waals surface area contributed by atoms with Gasteiger partial charge in [-0.1, -0.05) is 0 Å². The smallest absolute Gasteiger partial charge is 0.407 e. The van der Waals surface area contributed by atoms with Crippen molar-refractivity contribution in [2.45, 2.75) is 52.1 Å². The Bertz CT molecular complexity index is 1060. The number of hydrogen-bond acceptors (Lipinski definition) is 7. The van der Waals surface area contributed by atoms with E-state index in [9.17, 15) is 24.0 Å². The van der Waals surface area contributed by atoms with Gasteiger partial charge in [0.25, 0.3) is 17.7 Å². The summed E-state index contributed by atoms with van der Waals surface area (Å²) in [5, 5.41) is 5.52. The van der Waals surface area contributed by atoms with Crippen LogP contribution in [0, 0.1) is 5.92 Å². The van der Waals surface area contributed by atoms with E-state index >= 15 is 0 Å². The van der Waals surface area contributed by atoms with Gasteiger partial charge in [-0.05, 0) is 64.2 Å². The van der Waals surface area contributed by atoms with Gasteiger partial charge in [0.05, 0.1) is 11.1 Å². The van der Waals surface area contributed by atoms with Gasteiger partial charge in [0, 0.05) is 58.4 Å². The van der Waals surface area contributed by atoms with E-state index < -0.39 is 17.6 Å². The van der Waals surface area contributed by atoms with Gasteiger partial charge in [-0.25, -0.2) is 4.79 Å². The van der Waals surface area contributed by atoms with Crippen molar-refractivity contribution in [1.29, 1.82) is 0 Å². The van der Waals surface area contributed by atoms with Crippen molar-refractivity contribution in [2.24, 2.45) is 5.92 Å². The highest BCUT2D eigenvalue weighted by atomic mass is 16.6. The first-order chi connectivity index (χ1) is 18.0. The summed E-state index contributed by atoms with van der Waals surface area (Å²) in [7, 11) is 1.56. The number of methoxy groups -OCH3 is 1. The number of fused-ring (bicyclic) bond motifs is 1. The summed E-state index contributed by atoms with van der Waals surface area (Å²) in [4.78, 5) is 65.1. The van der Waals surface area contributed by atoms with Crippen LogP contribution in [0.1, 0.15) is 77.5 Å². The van der Waals surface area contributed by atoms with E-state index in [2.05, 4.69) is 10.6 Å². The number of imide groups is 1. The molecule has 0 atom stereocenters. The van der Waals surface area contributed by atoms with Crippen LogP contribution >= 0.6 is 0 Å². The summed E-state index contributed by atoms with van der Waals surface area (Å²) < 4.78 is 10.2. The highest BCUT2D eigenvalue weighted by Gasteiger charge is 2.35. The van der Waals surface area contributed by atoms with E-state index in [1.54, 1.807) is 38.8 Å². The molecule has 5 amide bonds. The molecule has 0 saturated carbocycles. The molecule has 1 aromatic rings. The Morgan fingerprint density at radius 2 is 1.71 bits per heavy atom. The molecule has 1 fully saturated rings. The minimum Gasteiger partial charge on any atom is -0.444 e. The molecule has 208 valence electrons. The van der Waals surface area contributed by atoms with E-state index in [0.29, 0.717) is 43.8 Å². The number of nitrogens with one attached hydrogen (secondary N) is 2. The molecule has 0 aromatic heterocycles. The predicted octanol–water partition coefficient (Wildman–Crippen LogP) is 2.20. The first kappa shape index (κ1) is 29.1. The lowest BCUT2D eigenvalue weighted by Gasteiger charge is -2.32. The van der Waals surface area contributed by atoms with Crippen molar-refractivity contribution in [3.8, 4) is 0 Å². The normalized spacial score (nSPS) is 15.9. The minimum atomic E-state index is -0.590. The van der Waals surface area contributed by atoms with Crippen LogP contribution < -0.4 is 10.6 Å². The topological polar surface area (TPSA) is 134 Å². The molecule has 2 N–H and O–H groups in total. The van der Waals surface area contributed by atoms with Crippen LogP contribution in [0.3, 0.4) is 0 Å². The second kappa shape index (κ2) is 12.9. The van der Waals surface area contributed by atoms with Crippen molar-refractivity contribution in [2.75, 3.05) is 46.4 Å². The Morgan fingerprint density at radius 1 is 1.03 bits per heavy atom. The van der Waals surface area contributed by atoms with Gasteiger partial charge in [-0.15, -0.1) is 0 Å². The van der Waals surface area contributed by atoms with Crippen LogP contribution in [0.25, 0.3) is 0 Å². The third kappa shape index (κ3) is 7.77. The van der Waals surface area contributed by atoms with Crippen LogP contribution in [-0.2, 0) is 14.3 Å². The standard InChI is InChI=1S/C27H38N4O7/c1-27(2,3)38-26(36)28-11-8-22(32)30-13-9-18(10-14-30)17-29-23(33)19-6-7-20-21(16-19)25(35)31(24(20)34)12-5-15-37-4/h6-7,16,18H,5,8-15,17H2,1-4H3,(H,28,36)(H,29,33). The van der Waals surface area contributed by atoms with E-state index in [1.165, 1.54) is 17.0 Å². The molecule has 0 bridgehead atoms. The molecule has 0 radical (unpaired) electrons. The number of benzene rings is 1. The van der Waals surface area contributed by atoms with Crippen LogP contribution in [-0.4, -0.2) is 91.6 Å². The Hall–Kier alpha value is -3.47. The van der Waals surface area contributed by atoms with Crippen LogP contribution in [0.2, 0.25) is 0 Å². The van der Waals surface area contributed by atoms with Crippen LogP contribution in [0.15, 0.2) is 18.2 Å². The van der Waals surface area contributed by atoms with Crippen molar-refractivity contribution < 1.29 is 33.4 Å². The van der Waals surface area contributed by atoms with Gasteiger partial charge in [0.1, 0.15) is 5.60 Å². The first-order valence-electron chi connectivity index (χ1n) is 13.0. The largest absolute Gasteiger partial charge is 0.444 e. The fourth-order valence-corrected chi connectivity index (χ4v) is 4.47. The molecule has 0 aliphatic carbocycles. The Labute approximate surface area is 223 Å². The highest BCUT2D eigenvalue weighted by molar-refractivity contribution is 6.22. The Kier molecular flexibility index (Phi) is 9.84. The molecule has 1 aromatic carbocycles. The van der Waals surface area contributed by atoms with E-state index in [-0.39, 0.29) is 48.7 Å². The van der Waals surface area contributed by atoms with Crippen molar-refractivity contribution >= 4 is 29.7 Å². The number of piperidine rings is 1. The lowest BCUT2D eigenvalue weighted by Crippen LogP contribution is -2.42. The predicted molar refractivity (Wildman–Crippen MR) is 139 cm³/mol. The van der Waals surface area contributed by atoms with Gasteiger partial charge in [0.15, 0.2) is 0 Å². The second-order valence-electron chi connectivity index (χ2n) is 10.6. The number of amides is 5. The summed E-state index contributed by atoms with van der Waals surface area (Å²) in [6.07, 6.45) is 1.70. The zero-order valence-corrected chi connectivity index (χ0v) is 22.6. The molecule has 0 spiro atoms. The number of nitrogens with zero attached hydrogens (tertiary/aromatic N) is 2. The number of carbonyl (C=O) groups excluding carboxylic acids is 5. The van der Waals surface area contributed by atoms with Crippen molar-refractivity contribution in [1.82, 2.24) is 20.4 Å². The van der Waals surface area contributed by atoms with Gasteiger partial charge in [-0.3, -0.25) is 24.1 Å². The van der Waals surface area contributed by atoms with E-state index in [4.69, 9.17) is 9.47 Å². The van der Waals surface area contributed by atoms with Gasteiger partial charge < -0.3 is 25.0 Å². The molecule has 2 heterocycles. The second-order valence-corrected chi connectivity index (χ2v) is 10.6. The van der Waals surface area contributed by atoms with Crippen LogP contribution in [0.5, 0.6) is 0 Å². The third-order valence-corrected chi connectivity index (χ3v) is 6.49. The summed E-state index contributed by atoms with van der Waals surface area (Å²) in [5.41, 5.74) is 0.289. The monoisotopic (exact) mass is 530 g/mol. The maximum Gasteiger partial charge on any atom is 0.407 e. The molecule has 0 unspecified atom stereocenters. The van der Waals surface area contributed by atoms with Gasteiger partial charge >= 0.3 is 6.09 Å². The fourth-order valence-electron chi connectivity index (χ4n) is 4.47. The Balaban J connectivity index is 1.41. The molecular weight excluding hydrogens is 492 g/mol. The molecule has 11 heteroatoms. The molecule has 11 nitrogen and oxygen atoms in total. The lowest BCUT2D eigenvalue weighted by atomic mass is 9.96. The molecule has 2 aliphatic heterocycles. The number of likely N-dealkylation sites (tertiary alicyclic amines) is 1. The summed E-state index contributed by atoms with van der Waals surface area (Å²) >= 11 is 0. The van der Waals surface area contributed by atoms with Gasteiger partial charge in [0.2, 0.25) is 5.91 Å². The van der Waals surface area contributed by atoms with Crippen molar-refractivity contribution in [3.05, 3.63) is 34.9 Å². The molecule has 2 aliphatic rings. The first-order valence-corrected chi connectivity index (χ1v) is 13.0. The summed E-state index contributed by atoms with van der Waals surface area (Å²) in [5.74, 6) is -0.865. The third-order valence-electron chi connectivity index (χ3n) is 6.49. The fraction of sp³-hybridized carbons (Fsp3) is 0.593. The number of carbonyl (C=O) groups is 5. The van der Waals surface area contributed by atoms with E-state index in [1.807, 2.05) is 0 Å². The number of hydrogen-bond donors (Lipinski definition) is 2. The number of alkyl carbamates (subject to hydrolysis) is 1. The van der Waals surface area contributed by atoms with Crippen molar-refractivity contribution in [3.63, 3.8) is 0 Å². The SMILES string of the molecule is COCCCN1C(=O)c2ccc(C(=O)NCC3CCN(C(=O)CCNC(=O)OC(C)(C)C)CC3)cc2C1=O. The van der Waals surface area contributed by atoms with E-state index in [0.717, 1.165) is 12.8 Å². The maximum atomic E-state index is 12.8. The van der Waals surface area contributed by atoms with Gasteiger partial charge in [-0.2, -0.15) is 0 Å². The molecule has 3 rings (SSSR count). The Morgan fingerprint density at radius 3 is 2.37 bits per heavy atom. The quantitative estimate of drug-likeness (QED) is 0.350. The molecular formula is C27H38N4O7. The van der Waals surface area contributed by atoms with Crippen LogP contribution in [0.4, 0.5) is 4.79 Å². The minimum absolute atomic E-state index is 0.0304. The average molecular weight is 531 g/mol. The summed E-state index contributed by atoms with van der Waals surface area (Å²) in [6, 6.07) is 4.57. The maximum absolute atomic E-state index is 12.8. The average Bonchev–Trinajstić information content (AvgIpc) is 3.10. The highest BCUT2D eigenvalue weighted by Crippen LogP contribution is 2.24. The number of ether oxygens (including phenoxy) is 2. The molecule has 38 heavy (non-hydrogen) atoms. The zero-order chi connectivity index (χ0) is 27.9. The summed E-state index contributed by atoms with van der Waals surface area (Å²) in [6.45, 7) is 7.87.